The van der Waals surface area contributed by atoms with Gasteiger partial charge in [0.05, 0.1) is 5.56 Å². The highest BCUT2D eigenvalue weighted by Gasteiger charge is 2.06. The Morgan fingerprint density at radius 1 is 1.00 bits per heavy atom. The Labute approximate surface area is 147 Å². The molecule has 2 rings (SSSR count). The number of ether oxygens (including phenoxy) is 1. The normalized spacial score (nSPS) is 10.2. The molecule has 2 amide bonds. The number of aromatic nitrogens is 1. The lowest BCUT2D eigenvalue weighted by Crippen LogP contribution is -2.36. The summed E-state index contributed by atoms with van der Waals surface area (Å²) in [6, 6.07) is 9.31. The van der Waals surface area contributed by atoms with Crippen LogP contribution in [0.15, 0.2) is 36.5 Å². The van der Waals surface area contributed by atoms with Gasteiger partial charge in [0.2, 0.25) is 0 Å². The largest absolute Gasteiger partial charge is 0.484 e. The Hall–Kier alpha value is -2.89. The van der Waals surface area contributed by atoms with Gasteiger partial charge in [0.1, 0.15) is 5.75 Å². The number of nitrogens with one attached hydrogen (secondary N) is 2. The van der Waals surface area contributed by atoms with Crippen molar-refractivity contribution in [3.8, 4) is 5.75 Å². The maximum absolute atomic E-state index is 11.9. The first-order valence-electron chi connectivity index (χ1n) is 8.12. The van der Waals surface area contributed by atoms with E-state index in [-0.39, 0.29) is 18.4 Å². The van der Waals surface area contributed by atoms with Gasteiger partial charge in [0, 0.05) is 25.0 Å². The number of rotatable bonds is 7. The molecule has 2 aromatic rings. The fourth-order valence-corrected chi connectivity index (χ4v) is 2.30. The molecular weight excluding hydrogens is 318 g/mol. The number of aryl methyl sites for hydroxylation is 3. The summed E-state index contributed by atoms with van der Waals surface area (Å²) < 4.78 is 5.48. The van der Waals surface area contributed by atoms with Crippen molar-refractivity contribution in [1.82, 2.24) is 15.6 Å². The molecule has 0 saturated carbocycles. The van der Waals surface area contributed by atoms with Gasteiger partial charge < -0.3 is 15.4 Å². The third kappa shape index (κ3) is 6.25. The van der Waals surface area contributed by atoms with Gasteiger partial charge in [0.25, 0.3) is 11.8 Å². The molecule has 0 aliphatic heterocycles. The zero-order valence-electron chi connectivity index (χ0n) is 14.8. The van der Waals surface area contributed by atoms with Crippen LogP contribution in [0, 0.1) is 20.8 Å². The number of pyridine rings is 1. The first-order valence-corrected chi connectivity index (χ1v) is 8.12. The minimum atomic E-state index is -0.231. The van der Waals surface area contributed by atoms with E-state index in [0.29, 0.717) is 24.4 Å². The highest BCUT2D eigenvalue weighted by atomic mass is 16.5. The Bertz CT molecular complexity index is 722. The maximum atomic E-state index is 11.9. The molecule has 2 N–H and O–H groups in total. The Morgan fingerprint density at radius 2 is 1.68 bits per heavy atom. The molecule has 25 heavy (non-hydrogen) atoms. The van der Waals surface area contributed by atoms with Crippen LogP contribution in [0.5, 0.6) is 5.75 Å². The molecule has 1 heterocycles. The molecule has 0 spiro atoms. The van der Waals surface area contributed by atoms with Gasteiger partial charge in [-0.1, -0.05) is 6.07 Å². The number of nitrogens with zero attached hydrogens (tertiary/aromatic N) is 1. The molecule has 0 bridgehead atoms. The number of benzene rings is 1. The Balaban J connectivity index is 1.66. The smallest absolute Gasteiger partial charge is 0.258 e. The van der Waals surface area contributed by atoms with E-state index < -0.39 is 0 Å². The van der Waals surface area contributed by atoms with Crippen LogP contribution in [-0.4, -0.2) is 36.5 Å². The molecule has 0 unspecified atom stereocenters. The second-order valence-electron chi connectivity index (χ2n) is 5.91. The summed E-state index contributed by atoms with van der Waals surface area (Å²) in [4.78, 5) is 27.7. The number of carbonyl (C=O) groups excluding carboxylic acids is 2. The van der Waals surface area contributed by atoms with E-state index in [9.17, 15) is 9.59 Å². The minimum absolute atomic E-state index is 0.0568. The van der Waals surface area contributed by atoms with Gasteiger partial charge in [-0.05, 0) is 56.2 Å². The predicted molar refractivity (Wildman–Crippen MR) is 95.7 cm³/mol. The maximum Gasteiger partial charge on any atom is 0.258 e. The number of amides is 2. The zero-order chi connectivity index (χ0) is 18.2. The second kappa shape index (κ2) is 8.82. The molecule has 6 heteroatoms. The molecule has 0 aliphatic carbocycles. The van der Waals surface area contributed by atoms with Crippen LogP contribution >= 0.6 is 0 Å². The summed E-state index contributed by atoms with van der Waals surface area (Å²) in [6.07, 6.45) is 1.53. The van der Waals surface area contributed by atoms with E-state index >= 15 is 0 Å². The van der Waals surface area contributed by atoms with E-state index in [0.717, 1.165) is 16.8 Å². The van der Waals surface area contributed by atoms with Crippen molar-refractivity contribution in [2.45, 2.75) is 20.8 Å². The van der Waals surface area contributed by atoms with Crippen molar-refractivity contribution in [2.24, 2.45) is 0 Å². The lowest BCUT2D eigenvalue weighted by molar-refractivity contribution is -0.123. The van der Waals surface area contributed by atoms with Gasteiger partial charge in [-0.3, -0.25) is 14.6 Å². The van der Waals surface area contributed by atoms with E-state index in [1.54, 1.807) is 12.1 Å². The lowest BCUT2D eigenvalue weighted by Gasteiger charge is -2.09. The molecule has 132 valence electrons. The van der Waals surface area contributed by atoms with Crippen molar-refractivity contribution in [3.05, 3.63) is 58.9 Å². The zero-order valence-corrected chi connectivity index (χ0v) is 14.8. The van der Waals surface area contributed by atoms with Crippen molar-refractivity contribution in [2.75, 3.05) is 19.7 Å². The molecule has 6 nitrogen and oxygen atoms in total. The standard InChI is InChI=1S/C19H23N3O3/c1-13-8-14(2)10-17(9-13)25-12-18(23)20-6-7-21-19(24)16-5-4-15(3)22-11-16/h4-5,8-11H,6-7,12H2,1-3H3,(H,20,23)(H,21,24). The van der Waals surface area contributed by atoms with Gasteiger partial charge in [-0.25, -0.2) is 0 Å². The first-order chi connectivity index (χ1) is 11.9. The lowest BCUT2D eigenvalue weighted by atomic mass is 10.1. The second-order valence-corrected chi connectivity index (χ2v) is 5.91. The molecule has 0 atom stereocenters. The van der Waals surface area contributed by atoms with E-state index in [1.165, 1.54) is 6.20 Å². The summed E-state index contributed by atoms with van der Waals surface area (Å²) in [5.41, 5.74) is 3.52. The van der Waals surface area contributed by atoms with Gasteiger partial charge in [0.15, 0.2) is 6.61 Å². The number of hydrogen-bond donors (Lipinski definition) is 2. The van der Waals surface area contributed by atoms with Crippen LogP contribution in [0.2, 0.25) is 0 Å². The third-order valence-corrected chi connectivity index (χ3v) is 3.47. The van der Waals surface area contributed by atoms with Crippen LogP contribution < -0.4 is 15.4 Å². The third-order valence-electron chi connectivity index (χ3n) is 3.47. The van der Waals surface area contributed by atoms with Crippen molar-refractivity contribution in [3.63, 3.8) is 0 Å². The molecular formula is C19H23N3O3. The highest BCUT2D eigenvalue weighted by Crippen LogP contribution is 2.15. The van der Waals surface area contributed by atoms with Gasteiger partial charge >= 0.3 is 0 Å². The molecule has 1 aromatic carbocycles. The van der Waals surface area contributed by atoms with Crippen molar-refractivity contribution >= 4 is 11.8 Å². The van der Waals surface area contributed by atoms with Crippen LogP contribution in [-0.2, 0) is 4.79 Å². The summed E-state index contributed by atoms with van der Waals surface area (Å²) in [7, 11) is 0. The SMILES string of the molecule is Cc1cc(C)cc(OCC(=O)NCCNC(=O)c2ccc(C)nc2)c1. The van der Waals surface area contributed by atoms with Crippen LogP contribution in [0.25, 0.3) is 0 Å². The van der Waals surface area contributed by atoms with E-state index in [1.807, 2.05) is 39.0 Å². The van der Waals surface area contributed by atoms with E-state index in [2.05, 4.69) is 15.6 Å². The molecule has 0 saturated heterocycles. The first kappa shape index (κ1) is 18.4. The molecule has 0 radical (unpaired) electrons. The van der Waals surface area contributed by atoms with Gasteiger partial charge in [-0.2, -0.15) is 0 Å². The fraction of sp³-hybridized carbons (Fsp3) is 0.316. The molecule has 0 fully saturated rings. The molecule has 0 aliphatic rings. The summed E-state index contributed by atoms with van der Waals surface area (Å²) in [5.74, 6) is 0.228. The van der Waals surface area contributed by atoms with Crippen LogP contribution in [0.3, 0.4) is 0 Å². The highest BCUT2D eigenvalue weighted by molar-refractivity contribution is 5.93. The van der Waals surface area contributed by atoms with Crippen molar-refractivity contribution < 1.29 is 14.3 Å². The fourth-order valence-electron chi connectivity index (χ4n) is 2.30. The van der Waals surface area contributed by atoms with Crippen molar-refractivity contribution in [1.29, 1.82) is 0 Å². The number of hydrogen-bond acceptors (Lipinski definition) is 4. The predicted octanol–water partition coefficient (Wildman–Crippen LogP) is 1.93. The summed E-state index contributed by atoms with van der Waals surface area (Å²) in [5, 5.41) is 5.43. The Morgan fingerprint density at radius 3 is 2.32 bits per heavy atom. The average molecular weight is 341 g/mol. The average Bonchev–Trinajstić information content (AvgIpc) is 2.56. The minimum Gasteiger partial charge on any atom is -0.484 e. The topological polar surface area (TPSA) is 80.3 Å². The summed E-state index contributed by atoms with van der Waals surface area (Å²) >= 11 is 0. The monoisotopic (exact) mass is 341 g/mol. The van der Waals surface area contributed by atoms with Gasteiger partial charge in [-0.15, -0.1) is 0 Å². The quantitative estimate of drug-likeness (QED) is 0.754. The van der Waals surface area contributed by atoms with E-state index in [4.69, 9.17) is 4.74 Å². The van der Waals surface area contributed by atoms with Crippen LogP contribution in [0.1, 0.15) is 27.2 Å². The van der Waals surface area contributed by atoms with Crippen LogP contribution in [0.4, 0.5) is 0 Å². The number of carbonyl (C=O) groups is 2. The Kier molecular flexibility index (Phi) is 6.51. The molecule has 1 aromatic heterocycles. The summed E-state index contributed by atoms with van der Waals surface area (Å²) in [6.45, 7) is 6.43.